The lowest BCUT2D eigenvalue weighted by Gasteiger charge is -2.27. The molecule has 0 atom stereocenters. The number of nitrogens with two attached hydrogens (primary N) is 1. The van der Waals surface area contributed by atoms with Crippen molar-refractivity contribution in [2.75, 3.05) is 12.3 Å². The first-order valence-corrected chi connectivity index (χ1v) is 5.85. The predicted molar refractivity (Wildman–Crippen MR) is 64.9 cm³/mol. The number of hydrogen-bond donors (Lipinski definition) is 1. The minimum Gasteiger partial charge on any atom is -0.398 e. The molecule has 5 nitrogen and oxygen atoms in total. The topological polar surface area (TPSA) is 60.0 Å². The number of anilines is 1. The fourth-order valence-electron chi connectivity index (χ4n) is 2.20. The van der Waals surface area contributed by atoms with Crippen molar-refractivity contribution in [1.29, 1.82) is 0 Å². The average Bonchev–Trinajstić information content (AvgIpc) is 2.81. The van der Waals surface area contributed by atoms with Crippen molar-refractivity contribution >= 4 is 5.69 Å². The number of nitrogens with zero attached hydrogens (tertiary/aromatic N) is 4. The molecule has 0 amide bonds. The molecule has 18 heavy (non-hydrogen) atoms. The number of fused-ring (bicyclic) bond motifs is 1. The third-order valence-electron chi connectivity index (χ3n) is 3.22. The molecule has 0 unspecified atom stereocenters. The van der Waals surface area contributed by atoms with Crippen molar-refractivity contribution in [2.24, 2.45) is 0 Å². The number of rotatable bonds is 2. The molecule has 0 saturated carbocycles. The molecule has 0 radical (unpaired) electrons. The smallest absolute Gasteiger partial charge is 0.147 e. The molecule has 1 aliphatic heterocycles. The van der Waals surface area contributed by atoms with E-state index in [1.807, 2.05) is 4.57 Å². The molecule has 2 N–H and O–H groups in total. The number of benzene rings is 1. The van der Waals surface area contributed by atoms with E-state index in [1.54, 1.807) is 12.4 Å². The van der Waals surface area contributed by atoms with Crippen LogP contribution in [0.5, 0.6) is 0 Å². The van der Waals surface area contributed by atoms with Gasteiger partial charge in [0, 0.05) is 25.3 Å². The first kappa shape index (κ1) is 11.2. The molecule has 94 valence electrons. The zero-order valence-corrected chi connectivity index (χ0v) is 9.88. The van der Waals surface area contributed by atoms with Gasteiger partial charge in [-0.05, 0) is 23.8 Å². The summed E-state index contributed by atoms with van der Waals surface area (Å²) in [5.41, 5.74) is 7.31. The second kappa shape index (κ2) is 4.38. The second-order valence-electron chi connectivity index (χ2n) is 4.49. The lowest BCUT2D eigenvalue weighted by atomic mass is 10.1. The van der Waals surface area contributed by atoms with Gasteiger partial charge in [0.1, 0.15) is 18.0 Å². The predicted octanol–water partition coefficient (Wildman–Crippen LogP) is 1.02. The lowest BCUT2D eigenvalue weighted by molar-refractivity contribution is 0.209. The van der Waals surface area contributed by atoms with Crippen LogP contribution in [0, 0.1) is 5.82 Å². The Balaban J connectivity index is 1.76. The third kappa shape index (κ3) is 2.06. The summed E-state index contributed by atoms with van der Waals surface area (Å²) in [7, 11) is 0. The van der Waals surface area contributed by atoms with E-state index in [0.717, 1.165) is 31.0 Å². The minimum absolute atomic E-state index is 0.251. The van der Waals surface area contributed by atoms with Crippen LogP contribution in [0.25, 0.3) is 0 Å². The number of hydrogen-bond acceptors (Lipinski definition) is 4. The molecular weight excluding hydrogens is 233 g/mol. The van der Waals surface area contributed by atoms with Crippen LogP contribution in [0.4, 0.5) is 10.1 Å². The second-order valence-corrected chi connectivity index (χ2v) is 4.49. The van der Waals surface area contributed by atoms with Crippen LogP contribution in [-0.2, 0) is 19.6 Å². The Hall–Kier alpha value is -1.95. The van der Waals surface area contributed by atoms with Crippen LogP contribution in [0.3, 0.4) is 0 Å². The van der Waals surface area contributed by atoms with Gasteiger partial charge in [0.25, 0.3) is 0 Å². The highest BCUT2D eigenvalue weighted by Crippen LogP contribution is 2.18. The van der Waals surface area contributed by atoms with Gasteiger partial charge in [0.05, 0.1) is 6.54 Å². The van der Waals surface area contributed by atoms with Crippen molar-refractivity contribution in [1.82, 2.24) is 19.7 Å². The molecule has 0 aliphatic carbocycles. The highest BCUT2D eigenvalue weighted by molar-refractivity contribution is 5.46. The first-order chi connectivity index (χ1) is 8.72. The molecule has 3 rings (SSSR count). The van der Waals surface area contributed by atoms with Gasteiger partial charge in [-0.15, -0.1) is 10.2 Å². The van der Waals surface area contributed by atoms with Gasteiger partial charge in [-0.2, -0.15) is 0 Å². The van der Waals surface area contributed by atoms with Crippen molar-refractivity contribution < 1.29 is 4.39 Å². The molecule has 2 heterocycles. The Bertz CT molecular complexity index is 565. The van der Waals surface area contributed by atoms with Gasteiger partial charge in [-0.1, -0.05) is 0 Å². The number of halogens is 1. The van der Waals surface area contributed by atoms with Crippen LogP contribution in [0.15, 0.2) is 24.5 Å². The molecule has 1 aliphatic rings. The van der Waals surface area contributed by atoms with Crippen LogP contribution in [0.1, 0.15) is 11.4 Å². The molecule has 1 aromatic carbocycles. The van der Waals surface area contributed by atoms with Crippen molar-refractivity contribution in [2.45, 2.75) is 19.6 Å². The fourth-order valence-corrected chi connectivity index (χ4v) is 2.20. The maximum Gasteiger partial charge on any atom is 0.147 e. The molecule has 0 bridgehead atoms. The van der Waals surface area contributed by atoms with Crippen molar-refractivity contribution in [3.05, 3.63) is 41.7 Å². The summed E-state index contributed by atoms with van der Waals surface area (Å²) in [5.74, 6) is 0.690. The molecule has 0 spiro atoms. The van der Waals surface area contributed by atoms with Crippen LogP contribution in [-0.4, -0.2) is 26.2 Å². The largest absolute Gasteiger partial charge is 0.398 e. The third-order valence-corrected chi connectivity index (χ3v) is 3.22. The van der Waals surface area contributed by atoms with E-state index in [2.05, 4.69) is 15.1 Å². The molecular formula is C12H14FN5. The summed E-state index contributed by atoms with van der Waals surface area (Å²) in [5, 5.41) is 7.93. The van der Waals surface area contributed by atoms with Crippen molar-refractivity contribution in [3.63, 3.8) is 0 Å². The standard InChI is InChI=1S/C12H14FN5/c13-10-1-2-11(14)9(5-10)6-17-3-4-18-8-15-16-12(18)7-17/h1-2,5,8H,3-4,6-7,14H2. The van der Waals surface area contributed by atoms with Crippen LogP contribution >= 0.6 is 0 Å². The Kier molecular flexibility index (Phi) is 2.71. The van der Waals surface area contributed by atoms with E-state index in [4.69, 9.17) is 5.73 Å². The first-order valence-electron chi connectivity index (χ1n) is 5.85. The molecule has 1 aromatic heterocycles. The van der Waals surface area contributed by atoms with Gasteiger partial charge < -0.3 is 10.3 Å². The van der Waals surface area contributed by atoms with Gasteiger partial charge >= 0.3 is 0 Å². The van der Waals surface area contributed by atoms with E-state index < -0.39 is 0 Å². The SMILES string of the molecule is Nc1ccc(F)cc1CN1CCn2cnnc2C1. The molecule has 6 heteroatoms. The zero-order valence-electron chi connectivity index (χ0n) is 9.88. The summed E-state index contributed by atoms with van der Waals surface area (Å²) >= 11 is 0. The summed E-state index contributed by atoms with van der Waals surface area (Å²) < 4.78 is 15.2. The normalized spacial score (nSPS) is 15.6. The van der Waals surface area contributed by atoms with Gasteiger partial charge in [0.2, 0.25) is 0 Å². The van der Waals surface area contributed by atoms with Crippen LogP contribution in [0.2, 0.25) is 0 Å². The molecule has 0 fully saturated rings. The summed E-state index contributed by atoms with van der Waals surface area (Å²) in [6.07, 6.45) is 1.74. The maximum absolute atomic E-state index is 13.2. The highest BCUT2D eigenvalue weighted by atomic mass is 19.1. The Morgan fingerprint density at radius 1 is 1.33 bits per heavy atom. The van der Waals surface area contributed by atoms with E-state index in [1.165, 1.54) is 12.1 Å². The van der Waals surface area contributed by atoms with Crippen molar-refractivity contribution in [3.8, 4) is 0 Å². The zero-order chi connectivity index (χ0) is 12.5. The van der Waals surface area contributed by atoms with Gasteiger partial charge in [-0.3, -0.25) is 4.90 Å². The molecule has 2 aromatic rings. The maximum atomic E-state index is 13.2. The monoisotopic (exact) mass is 247 g/mol. The summed E-state index contributed by atoms with van der Waals surface area (Å²) in [4.78, 5) is 2.19. The average molecular weight is 247 g/mol. The van der Waals surface area contributed by atoms with Crippen LogP contribution < -0.4 is 5.73 Å². The fraction of sp³-hybridized carbons (Fsp3) is 0.333. The quantitative estimate of drug-likeness (QED) is 0.805. The summed E-state index contributed by atoms with van der Waals surface area (Å²) in [6.45, 7) is 3.10. The highest BCUT2D eigenvalue weighted by Gasteiger charge is 2.18. The van der Waals surface area contributed by atoms with Gasteiger partial charge in [-0.25, -0.2) is 4.39 Å². The van der Waals surface area contributed by atoms with Gasteiger partial charge in [0.15, 0.2) is 0 Å². The Morgan fingerprint density at radius 2 is 2.22 bits per heavy atom. The Morgan fingerprint density at radius 3 is 3.11 bits per heavy atom. The Labute approximate surface area is 104 Å². The minimum atomic E-state index is -0.251. The van der Waals surface area contributed by atoms with E-state index >= 15 is 0 Å². The number of aromatic nitrogens is 3. The number of nitrogen functional groups attached to an aromatic ring is 1. The van der Waals surface area contributed by atoms with E-state index in [0.29, 0.717) is 12.2 Å². The summed E-state index contributed by atoms with van der Waals surface area (Å²) in [6, 6.07) is 4.48. The molecule has 0 saturated heterocycles. The van der Waals surface area contributed by atoms with E-state index in [-0.39, 0.29) is 5.82 Å². The van der Waals surface area contributed by atoms with E-state index in [9.17, 15) is 4.39 Å². The lowest BCUT2D eigenvalue weighted by Crippen LogP contribution is -2.33.